The third-order valence-electron chi connectivity index (χ3n) is 2.99. The number of benzene rings is 1. The van der Waals surface area contributed by atoms with Crippen LogP contribution in [0.4, 0.5) is 0 Å². The van der Waals surface area contributed by atoms with Crippen molar-refractivity contribution in [3.63, 3.8) is 0 Å². The van der Waals surface area contributed by atoms with Crippen molar-refractivity contribution in [2.24, 2.45) is 0 Å². The van der Waals surface area contributed by atoms with Crippen molar-refractivity contribution in [1.82, 2.24) is 5.32 Å². The van der Waals surface area contributed by atoms with Crippen molar-refractivity contribution in [1.29, 1.82) is 0 Å². The lowest BCUT2D eigenvalue weighted by molar-refractivity contribution is 0.464. The van der Waals surface area contributed by atoms with Crippen LogP contribution >= 0.6 is 11.8 Å². The minimum Gasteiger partial charge on any atom is -0.508 e. The van der Waals surface area contributed by atoms with Gasteiger partial charge in [-0.3, -0.25) is 0 Å². The summed E-state index contributed by atoms with van der Waals surface area (Å²) in [7, 11) is 0. The highest BCUT2D eigenvalue weighted by Crippen LogP contribution is 2.46. The van der Waals surface area contributed by atoms with Crippen LogP contribution in [-0.4, -0.2) is 22.7 Å². The van der Waals surface area contributed by atoms with Gasteiger partial charge in [-0.2, -0.15) is 11.8 Å². The fourth-order valence-electron chi connectivity index (χ4n) is 1.68. The smallest absolute Gasteiger partial charge is 0.120 e. The molecule has 1 saturated carbocycles. The van der Waals surface area contributed by atoms with E-state index in [0.717, 1.165) is 18.7 Å². The predicted octanol–water partition coefficient (Wildman–Crippen LogP) is 2.38. The van der Waals surface area contributed by atoms with Gasteiger partial charge in [-0.05, 0) is 25.2 Å². The third-order valence-corrected chi connectivity index (χ3v) is 4.41. The molecule has 0 heterocycles. The molecular weight excluding hydrogens is 206 g/mol. The maximum atomic E-state index is 9.57. The molecule has 1 aromatic carbocycles. The first-order valence-electron chi connectivity index (χ1n) is 5.28. The summed E-state index contributed by atoms with van der Waals surface area (Å²) < 4.78 is 0.490. The first kappa shape index (κ1) is 10.8. The van der Waals surface area contributed by atoms with Crippen LogP contribution in [0.15, 0.2) is 24.3 Å². The summed E-state index contributed by atoms with van der Waals surface area (Å²) in [5, 5.41) is 13.0. The molecule has 0 aromatic heterocycles. The average Bonchev–Trinajstić information content (AvgIpc) is 3.02. The molecule has 0 saturated heterocycles. The second kappa shape index (κ2) is 4.45. The standard InChI is InChI=1S/C12H17NOS/c1-15-12(6-7-12)9-13-8-10-4-2-3-5-11(10)14/h2-5,13-14H,6-9H2,1H3. The zero-order chi connectivity index (χ0) is 10.7. The van der Waals surface area contributed by atoms with Gasteiger partial charge in [-0.15, -0.1) is 0 Å². The quantitative estimate of drug-likeness (QED) is 0.804. The average molecular weight is 223 g/mol. The van der Waals surface area contributed by atoms with Crippen molar-refractivity contribution in [3.8, 4) is 5.75 Å². The van der Waals surface area contributed by atoms with E-state index in [1.807, 2.05) is 30.0 Å². The van der Waals surface area contributed by atoms with Gasteiger partial charge in [0, 0.05) is 23.4 Å². The summed E-state index contributed by atoms with van der Waals surface area (Å²) in [6.45, 7) is 1.80. The van der Waals surface area contributed by atoms with Gasteiger partial charge in [0.1, 0.15) is 5.75 Å². The molecule has 0 unspecified atom stereocenters. The topological polar surface area (TPSA) is 32.3 Å². The fraction of sp³-hybridized carbons (Fsp3) is 0.500. The Balaban J connectivity index is 1.81. The van der Waals surface area contributed by atoms with Crippen molar-refractivity contribution in [3.05, 3.63) is 29.8 Å². The van der Waals surface area contributed by atoms with Gasteiger partial charge < -0.3 is 10.4 Å². The van der Waals surface area contributed by atoms with Crippen LogP contribution in [-0.2, 0) is 6.54 Å². The molecule has 15 heavy (non-hydrogen) atoms. The second-order valence-corrected chi connectivity index (χ2v) is 5.39. The van der Waals surface area contributed by atoms with Crippen LogP contribution in [0.5, 0.6) is 5.75 Å². The molecule has 82 valence electrons. The summed E-state index contributed by atoms with van der Waals surface area (Å²) >= 11 is 1.95. The number of rotatable bonds is 5. The van der Waals surface area contributed by atoms with Crippen LogP contribution in [0.25, 0.3) is 0 Å². The zero-order valence-electron chi connectivity index (χ0n) is 8.99. The number of phenolic OH excluding ortho intramolecular Hbond substituents is 1. The number of hydrogen-bond donors (Lipinski definition) is 2. The van der Waals surface area contributed by atoms with Crippen molar-refractivity contribution in [2.45, 2.75) is 24.1 Å². The number of hydrogen-bond acceptors (Lipinski definition) is 3. The number of aromatic hydroxyl groups is 1. The van der Waals surface area contributed by atoms with E-state index in [-0.39, 0.29) is 0 Å². The molecule has 0 spiro atoms. The molecule has 0 aliphatic heterocycles. The first-order valence-corrected chi connectivity index (χ1v) is 6.51. The Morgan fingerprint density at radius 2 is 2.13 bits per heavy atom. The lowest BCUT2D eigenvalue weighted by Gasteiger charge is -2.13. The van der Waals surface area contributed by atoms with E-state index in [1.165, 1.54) is 12.8 Å². The Hall–Kier alpha value is -0.670. The highest BCUT2D eigenvalue weighted by molar-refractivity contribution is 8.00. The fourth-order valence-corrected chi connectivity index (χ4v) is 2.43. The third kappa shape index (κ3) is 2.67. The lowest BCUT2D eigenvalue weighted by Crippen LogP contribution is -2.25. The van der Waals surface area contributed by atoms with Gasteiger partial charge in [0.25, 0.3) is 0 Å². The Morgan fingerprint density at radius 1 is 1.40 bits per heavy atom. The van der Waals surface area contributed by atoms with Gasteiger partial charge in [-0.1, -0.05) is 18.2 Å². The largest absolute Gasteiger partial charge is 0.508 e. The molecule has 3 heteroatoms. The Morgan fingerprint density at radius 3 is 2.73 bits per heavy atom. The SMILES string of the molecule is CSC1(CNCc2ccccc2O)CC1. The first-order chi connectivity index (χ1) is 7.26. The van der Waals surface area contributed by atoms with Gasteiger partial charge >= 0.3 is 0 Å². The monoisotopic (exact) mass is 223 g/mol. The predicted molar refractivity (Wildman–Crippen MR) is 65.3 cm³/mol. The van der Waals surface area contributed by atoms with Crippen molar-refractivity contribution < 1.29 is 5.11 Å². The van der Waals surface area contributed by atoms with Gasteiger partial charge in [0.05, 0.1) is 0 Å². The normalized spacial score (nSPS) is 17.7. The summed E-state index contributed by atoms with van der Waals surface area (Å²) in [6.07, 6.45) is 4.82. The zero-order valence-corrected chi connectivity index (χ0v) is 9.81. The molecule has 0 bridgehead atoms. The van der Waals surface area contributed by atoms with E-state index >= 15 is 0 Å². The second-order valence-electron chi connectivity index (χ2n) is 4.12. The van der Waals surface area contributed by atoms with E-state index in [4.69, 9.17) is 0 Å². The Labute approximate surface area is 95.1 Å². The number of thioether (sulfide) groups is 1. The molecule has 0 atom stereocenters. The minimum absolute atomic E-state index is 0.388. The van der Waals surface area contributed by atoms with E-state index in [9.17, 15) is 5.11 Å². The van der Waals surface area contributed by atoms with Gasteiger partial charge in [0.15, 0.2) is 0 Å². The molecule has 2 N–H and O–H groups in total. The van der Waals surface area contributed by atoms with E-state index < -0.39 is 0 Å². The molecule has 2 nitrogen and oxygen atoms in total. The number of phenols is 1. The highest BCUT2D eigenvalue weighted by atomic mass is 32.2. The summed E-state index contributed by atoms with van der Waals surface area (Å²) in [6, 6.07) is 7.50. The van der Waals surface area contributed by atoms with Crippen LogP contribution in [0.1, 0.15) is 18.4 Å². The van der Waals surface area contributed by atoms with Crippen molar-refractivity contribution in [2.75, 3.05) is 12.8 Å². The van der Waals surface area contributed by atoms with Crippen LogP contribution < -0.4 is 5.32 Å². The van der Waals surface area contributed by atoms with E-state index in [2.05, 4.69) is 11.6 Å². The van der Waals surface area contributed by atoms with Crippen LogP contribution in [0.2, 0.25) is 0 Å². The van der Waals surface area contributed by atoms with Crippen LogP contribution in [0.3, 0.4) is 0 Å². The van der Waals surface area contributed by atoms with Crippen LogP contribution in [0, 0.1) is 0 Å². The molecule has 2 rings (SSSR count). The summed E-state index contributed by atoms with van der Waals surface area (Å²) in [5.41, 5.74) is 0.981. The highest BCUT2D eigenvalue weighted by Gasteiger charge is 2.41. The maximum absolute atomic E-state index is 9.57. The molecule has 1 fully saturated rings. The molecule has 1 aliphatic carbocycles. The summed E-state index contributed by atoms with van der Waals surface area (Å²) in [4.78, 5) is 0. The molecular formula is C12H17NOS. The Kier molecular flexibility index (Phi) is 3.22. The molecule has 0 radical (unpaired) electrons. The lowest BCUT2D eigenvalue weighted by atomic mass is 10.2. The number of para-hydroxylation sites is 1. The number of nitrogens with one attached hydrogen (secondary N) is 1. The minimum atomic E-state index is 0.388. The molecule has 1 aromatic rings. The Bertz CT molecular complexity index is 336. The summed E-state index contributed by atoms with van der Waals surface area (Å²) in [5.74, 6) is 0.388. The maximum Gasteiger partial charge on any atom is 0.120 e. The van der Waals surface area contributed by atoms with Crippen molar-refractivity contribution >= 4 is 11.8 Å². The van der Waals surface area contributed by atoms with E-state index in [0.29, 0.717) is 10.5 Å². The van der Waals surface area contributed by atoms with Gasteiger partial charge in [0.2, 0.25) is 0 Å². The van der Waals surface area contributed by atoms with E-state index in [1.54, 1.807) is 6.07 Å². The molecule has 1 aliphatic rings. The molecule has 0 amide bonds. The van der Waals surface area contributed by atoms with Gasteiger partial charge in [-0.25, -0.2) is 0 Å².